The van der Waals surface area contributed by atoms with Gasteiger partial charge in [-0.25, -0.2) is 0 Å². The number of aryl methyl sites for hydroxylation is 1. The number of methoxy groups -OCH3 is 1. The minimum atomic E-state index is -0.517. The molecule has 16 heavy (non-hydrogen) atoms. The highest BCUT2D eigenvalue weighted by molar-refractivity contribution is 5.75. The lowest BCUT2D eigenvalue weighted by atomic mass is 9.86. The summed E-state index contributed by atoms with van der Waals surface area (Å²) in [6.45, 7) is 3.69. The van der Waals surface area contributed by atoms with Crippen molar-refractivity contribution in [2.45, 2.75) is 26.7 Å². The van der Waals surface area contributed by atoms with E-state index in [1.54, 1.807) is 12.1 Å². The van der Waals surface area contributed by atoms with Crippen LogP contribution in [-0.4, -0.2) is 18.2 Å². The van der Waals surface area contributed by atoms with Crippen LogP contribution in [0.2, 0.25) is 0 Å². The lowest BCUT2D eigenvalue weighted by Gasteiger charge is -2.21. The summed E-state index contributed by atoms with van der Waals surface area (Å²) < 4.78 is 4.73. The van der Waals surface area contributed by atoms with E-state index >= 15 is 0 Å². The highest BCUT2D eigenvalue weighted by Crippen LogP contribution is 2.27. The van der Waals surface area contributed by atoms with Crippen LogP contribution < -0.4 is 0 Å². The summed E-state index contributed by atoms with van der Waals surface area (Å²) in [5.41, 5.74) is 0.344. The first-order chi connectivity index (χ1) is 7.47. The van der Waals surface area contributed by atoms with E-state index in [0.717, 1.165) is 5.56 Å². The van der Waals surface area contributed by atoms with Crippen LogP contribution in [0.3, 0.4) is 0 Å². The molecule has 0 atom stereocenters. The van der Waals surface area contributed by atoms with Crippen LogP contribution in [0.4, 0.5) is 0 Å². The molecule has 1 aromatic rings. The Hall–Kier alpha value is -1.51. The Bertz CT molecular complexity index is 369. The van der Waals surface area contributed by atoms with E-state index in [1.807, 2.05) is 26.0 Å². The lowest BCUT2D eigenvalue weighted by molar-refractivity contribution is -0.151. The van der Waals surface area contributed by atoms with E-state index in [2.05, 4.69) is 0 Å². The zero-order valence-corrected chi connectivity index (χ0v) is 9.99. The van der Waals surface area contributed by atoms with Crippen molar-refractivity contribution in [1.29, 1.82) is 0 Å². The molecule has 1 rings (SSSR count). The van der Waals surface area contributed by atoms with Crippen molar-refractivity contribution in [3.63, 3.8) is 0 Å². The molecular weight excluding hydrogens is 204 g/mol. The maximum Gasteiger partial charge on any atom is 0.311 e. The largest absolute Gasteiger partial charge is 0.508 e. The van der Waals surface area contributed by atoms with Gasteiger partial charge in [0.25, 0.3) is 0 Å². The number of aromatic hydroxyl groups is 1. The van der Waals surface area contributed by atoms with E-state index in [9.17, 15) is 9.90 Å². The highest BCUT2D eigenvalue weighted by atomic mass is 16.5. The number of para-hydroxylation sites is 1. The molecule has 0 amide bonds. The Morgan fingerprint density at radius 2 is 2.00 bits per heavy atom. The van der Waals surface area contributed by atoms with Gasteiger partial charge in [0.15, 0.2) is 0 Å². The van der Waals surface area contributed by atoms with Gasteiger partial charge in [0, 0.05) is 0 Å². The first-order valence-corrected chi connectivity index (χ1v) is 5.32. The molecule has 0 saturated carbocycles. The monoisotopic (exact) mass is 222 g/mol. The summed E-state index contributed by atoms with van der Waals surface area (Å²) in [7, 11) is 1.39. The molecule has 88 valence electrons. The molecule has 0 heterocycles. The third-order valence-corrected chi connectivity index (χ3v) is 2.75. The number of rotatable bonds is 4. The zero-order chi connectivity index (χ0) is 12.2. The summed E-state index contributed by atoms with van der Waals surface area (Å²) in [5.74, 6) is 0.0612. The van der Waals surface area contributed by atoms with Gasteiger partial charge in [-0.15, -0.1) is 0 Å². The van der Waals surface area contributed by atoms with Gasteiger partial charge in [-0.3, -0.25) is 4.79 Å². The number of carbonyl (C=O) groups is 1. The Balaban J connectivity index is 2.65. The number of carbonyl (C=O) groups excluding carboxylic acids is 1. The molecule has 0 aliphatic carbocycles. The number of esters is 1. The first-order valence-electron chi connectivity index (χ1n) is 5.32. The Morgan fingerprint density at radius 3 is 2.56 bits per heavy atom. The normalized spacial score (nSPS) is 11.2. The van der Waals surface area contributed by atoms with Crippen LogP contribution >= 0.6 is 0 Å². The summed E-state index contributed by atoms with van der Waals surface area (Å²) in [5, 5.41) is 9.59. The maximum atomic E-state index is 11.5. The SMILES string of the molecule is COC(=O)C(C)(C)CCc1ccccc1O. The first kappa shape index (κ1) is 12.6. The third kappa shape index (κ3) is 2.99. The molecule has 1 N–H and O–H groups in total. The van der Waals surface area contributed by atoms with E-state index in [0.29, 0.717) is 12.8 Å². The number of hydrogen-bond acceptors (Lipinski definition) is 3. The van der Waals surface area contributed by atoms with Crippen LogP contribution in [0.25, 0.3) is 0 Å². The number of ether oxygens (including phenoxy) is 1. The molecule has 0 aromatic heterocycles. The van der Waals surface area contributed by atoms with E-state index in [-0.39, 0.29) is 11.7 Å². The molecule has 0 aliphatic rings. The van der Waals surface area contributed by atoms with E-state index in [4.69, 9.17) is 4.74 Å². The average Bonchev–Trinajstić information content (AvgIpc) is 2.27. The molecule has 0 bridgehead atoms. The smallest absolute Gasteiger partial charge is 0.311 e. The Morgan fingerprint density at radius 1 is 1.38 bits per heavy atom. The van der Waals surface area contributed by atoms with Crippen molar-refractivity contribution in [3.05, 3.63) is 29.8 Å². The molecule has 1 aromatic carbocycles. The van der Waals surface area contributed by atoms with Crippen molar-refractivity contribution in [2.75, 3.05) is 7.11 Å². The van der Waals surface area contributed by atoms with Crippen molar-refractivity contribution < 1.29 is 14.6 Å². The molecule has 0 radical (unpaired) electrons. The standard InChI is InChI=1S/C13H18O3/c1-13(2,12(15)16-3)9-8-10-6-4-5-7-11(10)14/h4-7,14H,8-9H2,1-3H3. The fraction of sp³-hybridized carbons (Fsp3) is 0.462. The lowest BCUT2D eigenvalue weighted by Crippen LogP contribution is -2.26. The molecule has 0 fully saturated rings. The molecule has 3 heteroatoms. The summed E-state index contributed by atoms with van der Waals surface area (Å²) >= 11 is 0. The predicted octanol–water partition coefficient (Wildman–Crippen LogP) is 2.52. The maximum absolute atomic E-state index is 11.5. The second kappa shape index (κ2) is 5.01. The van der Waals surface area contributed by atoms with Crippen LogP contribution in [0.1, 0.15) is 25.8 Å². The second-order valence-electron chi connectivity index (χ2n) is 4.50. The molecule has 0 aliphatic heterocycles. The second-order valence-corrected chi connectivity index (χ2v) is 4.50. The highest BCUT2D eigenvalue weighted by Gasteiger charge is 2.28. The number of benzene rings is 1. The van der Waals surface area contributed by atoms with Crippen molar-refractivity contribution in [3.8, 4) is 5.75 Å². The summed E-state index contributed by atoms with van der Waals surface area (Å²) in [6.07, 6.45) is 1.31. The fourth-order valence-corrected chi connectivity index (χ4v) is 1.55. The predicted molar refractivity (Wildman–Crippen MR) is 62.2 cm³/mol. The molecule has 0 unspecified atom stereocenters. The Kier molecular flexibility index (Phi) is 3.93. The fourth-order valence-electron chi connectivity index (χ4n) is 1.55. The zero-order valence-electron chi connectivity index (χ0n) is 9.99. The van der Waals surface area contributed by atoms with Gasteiger partial charge >= 0.3 is 5.97 Å². The van der Waals surface area contributed by atoms with Gasteiger partial charge in [-0.2, -0.15) is 0 Å². The Labute approximate surface area is 96.1 Å². The molecule has 0 saturated heterocycles. The summed E-state index contributed by atoms with van der Waals surface area (Å²) in [4.78, 5) is 11.5. The molecule has 0 spiro atoms. The van der Waals surface area contributed by atoms with Gasteiger partial charge in [0.05, 0.1) is 12.5 Å². The average molecular weight is 222 g/mol. The van der Waals surface area contributed by atoms with Gasteiger partial charge in [0.1, 0.15) is 5.75 Å². The third-order valence-electron chi connectivity index (χ3n) is 2.75. The summed E-state index contributed by atoms with van der Waals surface area (Å²) in [6, 6.07) is 7.17. The van der Waals surface area contributed by atoms with Crippen molar-refractivity contribution in [2.24, 2.45) is 5.41 Å². The molecule has 3 nitrogen and oxygen atoms in total. The van der Waals surface area contributed by atoms with E-state index in [1.165, 1.54) is 7.11 Å². The van der Waals surface area contributed by atoms with Gasteiger partial charge in [-0.1, -0.05) is 18.2 Å². The minimum absolute atomic E-state index is 0.220. The van der Waals surface area contributed by atoms with Gasteiger partial charge in [0.2, 0.25) is 0 Å². The topological polar surface area (TPSA) is 46.5 Å². The van der Waals surface area contributed by atoms with Crippen LogP contribution in [-0.2, 0) is 16.0 Å². The van der Waals surface area contributed by atoms with Crippen LogP contribution in [0, 0.1) is 5.41 Å². The minimum Gasteiger partial charge on any atom is -0.508 e. The van der Waals surface area contributed by atoms with Crippen molar-refractivity contribution in [1.82, 2.24) is 0 Å². The van der Waals surface area contributed by atoms with Gasteiger partial charge < -0.3 is 9.84 Å². The van der Waals surface area contributed by atoms with Crippen LogP contribution in [0.5, 0.6) is 5.75 Å². The number of phenolic OH excluding ortho intramolecular Hbond substituents is 1. The number of hydrogen-bond donors (Lipinski definition) is 1. The van der Waals surface area contributed by atoms with Crippen molar-refractivity contribution >= 4 is 5.97 Å². The molecular formula is C13H18O3. The number of phenols is 1. The van der Waals surface area contributed by atoms with Crippen LogP contribution in [0.15, 0.2) is 24.3 Å². The van der Waals surface area contributed by atoms with E-state index < -0.39 is 5.41 Å². The van der Waals surface area contributed by atoms with Gasteiger partial charge in [-0.05, 0) is 38.3 Å². The quantitative estimate of drug-likeness (QED) is 0.796.